The highest BCUT2D eigenvalue weighted by Crippen LogP contribution is 2.02. The van der Waals surface area contributed by atoms with Crippen molar-refractivity contribution in [2.45, 2.75) is 13.0 Å². The summed E-state index contributed by atoms with van der Waals surface area (Å²) in [6.45, 7) is 2.26. The van der Waals surface area contributed by atoms with Gasteiger partial charge in [0.2, 0.25) is 10.0 Å². The second-order valence-electron chi connectivity index (χ2n) is 4.24. The van der Waals surface area contributed by atoms with Gasteiger partial charge in [0.05, 0.1) is 6.26 Å². The SMILES string of the molecule is CN(CCCNS(C)(=O)=O)Cc1ccccc1. The average Bonchev–Trinajstić information content (AvgIpc) is 2.25. The largest absolute Gasteiger partial charge is 0.302 e. The molecule has 1 N–H and O–H groups in total. The molecule has 0 aromatic heterocycles. The minimum Gasteiger partial charge on any atom is -0.302 e. The van der Waals surface area contributed by atoms with Crippen LogP contribution in [0.5, 0.6) is 0 Å². The van der Waals surface area contributed by atoms with Crippen LogP contribution in [-0.2, 0) is 16.6 Å². The summed E-state index contributed by atoms with van der Waals surface area (Å²) in [7, 11) is -1.01. The van der Waals surface area contributed by atoms with Crippen LogP contribution < -0.4 is 4.72 Å². The van der Waals surface area contributed by atoms with Crippen molar-refractivity contribution < 1.29 is 8.42 Å². The second kappa shape index (κ2) is 6.74. The van der Waals surface area contributed by atoms with Crippen molar-refractivity contribution in [2.75, 3.05) is 26.4 Å². The van der Waals surface area contributed by atoms with E-state index >= 15 is 0 Å². The van der Waals surface area contributed by atoms with E-state index in [-0.39, 0.29) is 0 Å². The number of rotatable bonds is 7. The summed E-state index contributed by atoms with van der Waals surface area (Å²) in [5.41, 5.74) is 1.27. The molecule has 5 heteroatoms. The lowest BCUT2D eigenvalue weighted by atomic mass is 10.2. The quantitative estimate of drug-likeness (QED) is 0.742. The topological polar surface area (TPSA) is 49.4 Å². The Labute approximate surface area is 104 Å². The van der Waals surface area contributed by atoms with E-state index < -0.39 is 10.0 Å². The molecule has 0 fully saturated rings. The van der Waals surface area contributed by atoms with Crippen LogP contribution >= 0.6 is 0 Å². The Morgan fingerprint density at radius 2 is 1.88 bits per heavy atom. The van der Waals surface area contributed by atoms with Gasteiger partial charge in [-0.25, -0.2) is 13.1 Å². The predicted molar refractivity (Wildman–Crippen MR) is 70.2 cm³/mol. The van der Waals surface area contributed by atoms with Crippen molar-refractivity contribution in [1.29, 1.82) is 0 Å². The van der Waals surface area contributed by atoms with Gasteiger partial charge in [0.15, 0.2) is 0 Å². The summed E-state index contributed by atoms with van der Waals surface area (Å²) in [4.78, 5) is 2.18. The third kappa shape index (κ3) is 7.10. The maximum atomic E-state index is 10.8. The molecule has 0 amide bonds. The number of hydrogen-bond donors (Lipinski definition) is 1. The molecule has 96 valence electrons. The highest BCUT2D eigenvalue weighted by molar-refractivity contribution is 7.88. The first-order chi connectivity index (χ1) is 7.97. The van der Waals surface area contributed by atoms with Crippen molar-refractivity contribution in [2.24, 2.45) is 0 Å². The molecule has 1 rings (SSSR count). The smallest absolute Gasteiger partial charge is 0.208 e. The van der Waals surface area contributed by atoms with Crippen LogP contribution in [0.15, 0.2) is 30.3 Å². The lowest BCUT2D eigenvalue weighted by Crippen LogP contribution is -2.27. The van der Waals surface area contributed by atoms with Crippen LogP contribution in [0, 0.1) is 0 Å². The van der Waals surface area contributed by atoms with E-state index in [0.29, 0.717) is 6.54 Å². The lowest BCUT2D eigenvalue weighted by molar-refractivity contribution is 0.322. The van der Waals surface area contributed by atoms with Gasteiger partial charge < -0.3 is 4.90 Å². The van der Waals surface area contributed by atoms with E-state index in [1.54, 1.807) is 0 Å². The first kappa shape index (κ1) is 14.2. The first-order valence-electron chi connectivity index (χ1n) is 5.64. The maximum Gasteiger partial charge on any atom is 0.208 e. The van der Waals surface area contributed by atoms with Crippen molar-refractivity contribution in [3.05, 3.63) is 35.9 Å². The summed E-state index contributed by atoms with van der Waals surface area (Å²) < 4.78 is 24.2. The molecule has 0 bridgehead atoms. The maximum absolute atomic E-state index is 10.8. The third-order valence-corrected chi connectivity index (χ3v) is 3.10. The summed E-state index contributed by atoms with van der Waals surface area (Å²) in [5.74, 6) is 0. The Morgan fingerprint density at radius 3 is 2.47 bits per heavy atom. The van der Waals surface area contributed by atoms with Gasteiger partial charge in [-0.2, -0.15) is 0 Å². The normalized spacial score (nSPS) is 11.9. The van der Waals surface area contributed by atoms with E-state index in [9.17, 15) is 8.42 Å². The molecule has 0 radical (unpaired) electrons. The van der Waals surface area contributed by atoms with Crippen molar-refractivity contribution >= 4 is 10.0 Å². The van der Waals surface area contributed by atoms with Crippen molar-refractivity contribution in [1.82, 2.24) is 9.62 Å². The summed E-state index contributed by atoms with van der Waals surface area (Å²) in [6.07, 6.45) is 2.00. The van der Waals surface area contributed by atoms with Gasteiger partial charge in [-0.15, -0.1) is 0 Å². The molecule has 1 aromatic rings. The third-order valence-electron chi connectivity index (χ3n) is 2.38. The highest BCUT2D eigenvalue weighted by atomic mass is 32.2. The predicted octanol–water partition coefficient (Wildman–Crippen LogP) is 1.06. The van der Waals surface area contributed by atoms with Crippen molar-refractivity contribution in [3.8, 4) is 0 Å². The number of sulfonamides is 1. The van der Waals surface area contributed by atoms with E-state index in [1.165, 1.54) is 11.8 Å². The number of nitrogens with one attached hydrogen (secondary N) is 1. The molecule has 0 atom stereocenters. The fourth-order valence-corrected chi connectivity index (χ4v) is 2.10. The van der Waals surface area contributed by atoms with E-state index in [1.807, 2.05) is 25.2 Å². The molecule has 0 heterocycles. The lowest BCUT2D eigenvalue weighted by Gasteiger charge is -2.16. The van der Waals surface area contributed by atoms with Gasteiger partial charge >= 0.3 is 0 Å². The summed E-state index contributed by atoms with van der Waals surface area (Å²) in [5, 5.41) is 0. The van der Waals surface area contributed by atoms with E-state index in [0.717, 1.165) is 19.5 Å². The van der Waals surface area contributed by atoms with Crippen LogP contribution in [0.2, 0.25) is 0 Å². The Kier molecular flexibility index (Phi) is 5.61. The Bertz CT molecular complexity index is 417. The molecule has 0 unspecified atom stereocenters. The minimum absolute atomic E-state index is 0.498. The number of hydrogen-bond acceptors (Lipinski definition) is 3. The van der Waals surface area contributed by atoms with Gasteiger partial charge in [0, 0.05) is 13.1 Å². The van der Waals surface area contributed by atoms with Crippen LogP contribution in [0.3, 0.4) is 0 Å². The van der Waals surface area contributed by atoms with Gasteiger partial charge in [0.25, 0.3) is 0 Å². The number of benzene rings is 1. The monoisotopic (exact) mass is 256 g/mol. The minimum atomic E-state index is -3.05. The van der Waals surface area contributed by atoms with Gasteiger partial charge in [0.1, 0.15) is 0 Å². The highest BCUT2D eigenvalue weighted by Gasteiger charge is 2.02. The molecular formula is C12H20N2O2S. The molecule has 0 aliphatic heterocycles. The molecule has 0 aliphatic carbocycles. The van der Waals surface area contributed by atoms with Crippen LogP contribution in [0.1, 0.15) is 12.0 Å². The fourth-order valence-electron chi connectivity index (χ4n) is 1.58. The summed E-state index contributed by atoms with van der Waals surface area (Å²) in [6, 6.07) is 10.2. The van der Waals surface area contributed by atoms with Crippen LogP contribution in [0.25, 0.3) is 0 Å². The zero-order valence-electron chi connectivity index (χ0n) is 10.4. The number of nitrogens with zero attached hydrogens (tertiary/aromatic N) is 1. The summed E-state index contributed by atoms with van der Waals surface area (Å²) >= 11 is 0. The van der Waals surface area contributed by atoms with E-state index in [4.69, 9.17) is 0 Å². The first-order valence-corrected chi connectivity index (χ1v) is 7.53. The van der Waals surface area contributed by atoms with Gasteiger partial charge in [-0.05, 0) is 25.6 Å². The molecule has 0 spiro atoms. The second-order valence-corrected chi connectivity index (χ2v) is 6.08. The van der Waals surface area contributed by atoms with Crippen LogP contribution in [0.4, 0.5) is 0 Å². The molecule has 0 aliphatic rings. The molecule has 0 saturated heterocycles. The standard InChI is InChI=1S/C12H20N2O2S/c1-14(10-6-9-13-17(2,15)16)11-12-7-4-3-5-8-12/h3-5,7-8,13H,6,9-11H2,1-2H3. The fraction of sp³-hybridized carbons (Fsp3) is 0.500. The molecule has 4 nitrogen and oxygen atoms in total. The zero-order chi connectivity index (χ0) is 12.7. The van der Waals surface area contributed by atoms with E-state index in [2.05, 4.69) is 21.8 Å². The van der Waals surface area contributed by atoms with Gasteiger partial charge in [-0.3, -0.25) is 0 Å². The van der Waals surface area contributed by atoms with Crippen molar-refractivity contribution in [3.63, 3.8) is 0 Å². The zero-order valence-corrected chi connectivity index (χ0v) is 11.2. The molecule has 0 saturated carbocycles. The molecule has 17 heavy (non-hydrogen) atoms. The molecular weight excluding hydrogens is 236 g/mol. The Morgan fingerprint density at radius 1 is 1.24 bits per heavy atom. The van der Waals surface area contributed by atoms with Crippen LogP contribution in [-0.4, -0.2) is 39.7 Å². The molecule has 1 aromatic carbocycles. The van der Waals surface area contributed by atoms with Gasteiger partial charge in [-0.1, -0.05) is 30.3 Å². The Balaban J connectivity index is 2.20. The average molecular weight is 256 g/mol. The Hall–Kier alpha value is -0.910.